The average Bonchev–Trinajstić information content (AvgIpc) is 2.65. The van der Waals surface area contributed by atoms with E-state index in [1.807, 2.05) is 0 Å². The molecule has 0 bridgehead atoms. The molecule has 1 aromatic carbocycles. The fourth-order valence-electron chi connectivity index (χ4n) is 3.85. The van der Waals surface area contributed by atoms with Crippen molar-refractivity contribution >= 4 is 11.6 Å². The third-order valence-electron chi connectivity index (χ3n) is 5.11. The lowest BCUT2D eigenvalue weighted by Gasteiger charge is -2.36. The molecule has 0 aromatic heterocycles. The Morgan fingerprint density at radius 1 is 1.29 bits per heavy atom. The highest BCUT2D eigenvalue weighted by Crippen LogP contribution is 2.34. The number of carbonyl (C=O) groups excluding carboxylic acids is 1. The summed E-state index contributed by atoms with van der Waals surface area (Å²) in [7, 11) is 0. The Morgan fingerprint density at radius 2 is 1.96 bits per heavy atom. The molecule has 1 aromatic rings. The van der Waals surface area contributed by atoms with E-state index in [0.29, 0.717) is 6.42 Å². The number of aliphatic hydroxyl groups is 2. The number of nitro groups is 1. The van der Waals surface area contributed by atoms with Crippen molar-refractivity contribution in [3.63, 3.8) is 0 Å². The SMILES string of the molecule is CC(O)c1c(OCCCC(=O)N(C(C)O)C2CCCCC2)cccc1[N+](=O)[O-]. The van der Waals surface area contributed by atoms with Crippen LogP contribution >= 0.6 is 0 Å². The second-order valence-electron chi connectivity index (χ2n) is 7.30. The highest BCUT2D eigenvalue weighted by atomic mass is 16.6. The van der Waals surface area contributed by atoms with Crippen molar-refractivity contribution < 1.29 is 24.7 Å². The molecule has 28 heavy (non-hydrogen) atoms. The lowest BCUT2D eigenvalue weighted by molar-refractivity contribution is -0.386. The molecule has 2 N–H and O–H groups in total. The third kappa shape index (κ3) is 5.65. The van der Waals surface area contributed by atoms with Crippen LogP contribution in [0.25, 0.3) is 0 Å². The molecule has 8 heteroatoms. The van der Waals surface area contributed by atoms with Gasteiger partial charge >= 0.3 is 0 Å². The standard InChI is InChI=1S/C20H30N2O6/c1-14(23)20-17(22(26)27)10-6-11-18(20)28-13-7-12-19(25)21(15(2)24)16-8-4-3-5-9-16/h6,10-11,14-16,23-24H,3-5,7-9,12-13H2,1-2H3. The van der Waals surface area contributed by atoms with E-state index in [9.17, 15) is 25.1 Å². The molecule has 8 nitrogen and oxygen atoms in total. The number of aliphatic hydroxyl groups excluding tert-OH is 2. The molecule has 0 spiro atoms. The van der Waals surface area contributed by atoms with Crippen LogP contribution in [-0.2, 0) is 4.79 Å². The van der Waals surface area contributed by atoms with Crippen LogP contribution in [-0.4, -0.2) is 44.8 Å². The number of ether oxygens (including phenoxy) is 1. The molecule has 0 heterocycles. The van der Waals surface area contributed by atoms with Crippen molar-refractivity contribution in [3.8, 4) is 5.75 Å². The van der Waals surface area contributed by atoms with Gasteiger partial charge in [-0.25, -0.2) is 0 Å². The van der Waals surface area contributed by atoms with Crippen molar-refractivity contribution in [1.82, 2.24) is 4.90 Å². The molecule has 1 saturated carbocycles. The monoisotopic (exact) mass is 394 g/mol. The number of nitrogens with zero attached hydrogens (tertiary/aromatic N) is 2. The van der Waals surface area contributed by atoms with Crippen LogP contribution in [0.1, 0.15) is 70.5 Å². The summed E-state index contributed by atoms with van der Waals surface area (Å²) in [6.45, 7) is 3.25. The van der Waals surface area contributed by atoms with E-state index >= 15 is 0 Å². The van der Waals surface area contributed by atoms with Crippen LogP contribution in [0.15, 0.2) is 18.2 Å². The van der Waals surface area contributed by atoms with E-state index in [1.54, 1.807) is 17.9 Å². The summed E-state index contributed by atoms with van der Waals surface area (Å²) in [5, 5.41) is 31.1. The van der Waals surface area contributed by atoms with Crippen LogP contribution < -0.4 is 4.74 Å². The van der Waals surface area contributed by atoms with Crippen LogP contribution in [0, 0.1) is 10.1 Å². The molecule has 1 fully saturated rings. The molecule has 0 radical (unpaired) electrons. The number of hydrogen-bond acceptors (Lipinski definition) is 6. The van der Waals surface area contributed by atoms with E-state index in [2.05, 4.69) is 0 Å². The number of hydrogen-bond donors (Lipinski definition) is 2. The predicted molar refractivity (Wildman–Crippen MR) is 104 cm³/mol. The summed E-state index contributed by atoms with van der Waals surface area (Å²) in [6, 6.07) is 4.48. The zero-order chi connectivity index (χ0) is 20.7. The maximum absolute atomic E-state index is 12.6. The van der Waals surface area contributed by atoms with E-state index in [0.717, 1.165) is 25.7 Å². The van der Waals surface area contributed by atoms with Gasteiger partial charge in [0.05, 0.1) is 23.2 Å². The van der Waals surface area contributed by atoms with Crippen molar-refractivity contribution in [2.75, 3.05) is 6.61 Å². The summed E-state index contributed by atoms with van der Waals surface area (Å²) in [6.07, 6.45) is 3.90. The highest BCUT2D eigenvalue weighted by molar-refractivity contribution is 5.76. The zero-order valence-corrected chi connectivity index (χ0v) is 16.5. The molecule has 2 atom stereocenters. The van der Waals surface area contributed by atoms with Gasteiger partial charge in [0, 0.05) is 18.5 Å². The van der Waals surface area contributed by atoms with Crippen LogP contribution in [0.3, 0.4) is 0 Å². The molecular formula is C20H30N2O6. The normalized spacial score (nSPS) is 17.0. The fraction of sp³-hybridized carbons (Fsp3) is 0.650. The molecule has 0 aliphatic heterocycles. The smallest absolute Gasteiger partial charge is 0.278 e. The van der Waals surface area contributed by atoms with Crippen LogP contribution in [0.5, 0.6) is 5.75 Å². The van der Waals surface area contributed by atoms with Gasteiger partial charge in [0.15, 0.2) is 0 Å². The van der Waals surface area contributed by atoms with Crippen molar-refractivity contribution in [3.05, 3.63) is 33.9 Å². The van der Waals surface area contributed by atoms with Gasteiger partial charge in [-0.05, 0) is 39.2 Å². The number of benzene rings is 1. The minimum absolute atomic E-state index is 0.0841. The molecule has 0 saturated heterocycles. The van der Waals surface area contributed by atoms with Gasteiger partial charge in [-0.2, -0.15) is 0 Å². The van der Waals surface area contributed by atoms with Crippen LogP contribution in [0.2, 0.25) is 0 Å². The van der Waals surface area contributed by atoms with Crippen LogP contribution in [0.4, 0.5) is 5.69 Å². The Kier molecular flexibility index (Phi) is 8.19. The van der Waals surface area contributed by atoms with Gasteiger partial charge in [0.25, 0.3) is 5.69 Å². The molecule has 1 aliphatic rings. The van der Waals surface area contributed by atoms with E-state index in [1.165, 1.54) is 25.5 Å². The Balaban J connectivity index is 1.93. The minimum Gasteiger partial charge on any atom is -0.493 e. The molecule has 1 amide bonds. The molecule has 156 valence electrons. The number of rotatable bonds is 9. The summed E-state index contributed by atoms with van der Waals surface area (Å²) in [5.41, 5.74) is -0.0622. The Labute approximate surface area is 165 Å². The molecule has 1 aliphatic carbocycles. The van der Waals surface area contributed by atoms with Gasteiger partial charge in [0.1, 0.15) is 12.0 Å². The summed E-state index contributed by atoms with van der Waals surface area (Å²) < 4.78 is 5.63. The van der Waals surface area contributed by atoms with Gasteiger partial charge in [-0.1, -0.05) is 25.3 Å². The van der Waals surface area contributed by atoms with Crippen molar-refractivity contribution in [1.29, 1.82) is 0 Å². The number of amides is 1. The third-order valence-corrected chi connectivity index (χ3v) is 5.11. The quantitative estimate of drug-likeness (QED) is 0.287. The maximum Gasteiger partial charge on any atom is 0.278 e. The van der Waals surface area contributed by atoms with Gasteiger partial charge in [-0.15, -0.1) is 0 Å². The van der Waals surface area contributed by atoms with Crippen molar-refractivity contribution in [2.24, 2.45) is 0 Å². The fourth-order valence-corrected chi connectivity index (χ4v) is 3.85. The topological polar surface area (TPSA) is 113 Å². The molecule has 2 unspecified atom stereocenters. The van der Waals surface area contributed by atoms with E-state index in [4.69, 9.17) is 4.74 Å². The maximum atomic E-state index is 12.6. The lowest BCUT2D eigenvalue weighted by Crippen LogP contribution is -2.46. The number of carbonyl (C=O) groups is 1. The van der Waals surface area contributed by atoms with Gasteiger partial charge < -0.3 is 19.8 Å². The first-order chi connectivity index (χ1) is 13.3. The first kappa shape index (κ1) is 22.1. The Morgan fingerprint density at radius 3 is 2.54 bits per heavy atom. The first-order valence-corrected chi connectivity index (χ1v) is 9.90. The average molecular weight is 394 g/mol. The lowest BCUT2D eigenvalue weighted by atomic mass is 9.93. The highest BCUT2D eigenvalue weighted by Gasteiger charge is 2.28. The Bertz CT molecular complexity index is 671. The second-order valence-corrected chi connectivity index (χ2v) is 7.30. The van der Waals surface area contributed by atoms with Gasteiger partial charge in [0.2, 0.25) is 5.91 Å². The van der Waals surface area contributed by atoms with Crippen molar-refractivity contribution in [2.45, 2.75) is 77.2 Å². The summed E-state index contributed by atoms with van der Waals surface area (Å²) in [4.78, 5) is 24.8. The second kappa shape index (κ2) is 10.4. The number of nitro benzene ring substituents is 1. The minimum atomic E-state index is -1.05. The first-order valence-electron chi connectivity index (χ1n) is 9.90. The van der Waals surface area contributed by atoms with E-state index in [-0.39, 0.29) is 42.0 Å². The van der Waals surface area contributed by atoms with E-state index < -0.39 is 17.3 Å². The largest absolute Gasteiger partial charge is 0.493 e. The zero-order valence-electron chi connectivity index (χ0n) is 16.5. The summed E-state index contributed by atoms with van der Waals surface area (Å²) >= 11 is 0. The molecule has 2 rings (SSSR count). The Hall–Kier alpha value is -2.19. The predicted octanol–water partition coefficient (Wildman–Crippen LogP) is 3.31. The molecular weight excluding hydrogens is 364 g/mol. The van der Waals surface area contributed by atoms with Gasteiger partial charge in [-0.3, -0.25) is 14.9 Å². The summed E-state index contributed by atoms with van der Waals surface area (Å²) in [5.74, 6) is 0.136.